The minimum absolute atomic E-state index is 0.0150. The summed E-state index contributed by atoms with van der Waals surface area (Å²) >= 11 is 5.35. The summed E-state index contributed by atoms with van der Waals surface area (Å²) < 4.78 is 5.77. The van der Waals surface area contributed by atoms with Gasteiger partial charge in [-0.15, -0.1) is 0 Å². The summed E-state index contributed by atoms with van der Waals surface area (Å²) in [5.74, 6) is -0.0801. The molecular formula is C23H42ClNO4. The predicted octanol–water partition coefficient (Wildman–Crippen LogP) is 5.67. The second-order valence-corrected chi connectivity index (χ2v) is 8.61. The summed E-state index contributed by atoms with van der Waals surface area (Å²) in [4.78, 5) is 35.3. The maximum absolute atomic E-state index is 12.2. The van der Waals surface area contributed by atoms with Crippen LogP contribution in [0.15, 0.2) is 0 Å². The van der Waals surface area contributed by atoms with E-state index >= 15 is 0 Å². The molecule has 0 aliphatic heterocycles. The number of rotatable bonds is 21. The molecule has 0 fully saturated rings. The first kappa shape index (κ1) is 28.1. The Balaban J connectivity index is 4.07. The maximum atomic E-state index is 12.2. The highest BCUT2D eigenvalue weighted by Gasteiger charge is 2.14. The fraction of sp³-hybridized carbons (Fsp3) is 0.870. The van der Waals surface area contributed by atoms with E-state index < -0.39 is 0 Å². The Hall–Kier alpha value is -0.940. The molecular weight excluding hydrogens is 390 g/mol. The van der Waals surface area contributed by atoms with Crippen molar-refractivity contribution in [3.63, 3.8) is 0 Å². The van der Waals surface area contributed by atoms with Gasteiger partial charge in [0.25, 0.3) is 0 Å². The molecule has 0 aliphatic rings. The minimum atomic E-state index is -0.252. The number of carbonyl (C=O) groups is 3. The molecule has 170 valence electrons. The van der Waals surface area contributed by atoms with Crippen LogP contribution < -0.4 is 0 Å². The zero-order valence-electron chi connectivity index (χ0n) is 18.6. The lowest BCUT2D eigenvalue weighted by molar-refractivity contribution is -0.150. The molecule has 0 amide bonds. The highest BCUT2D eigenvalue weighted by atomic mass is 35.5. The highest BCUT2D eigenvalue weighted by molar-refractivity contribution is 6.63. The van der Waals surface area contributed by atoms with Crippen LogP contribution in [-0.4, -0.2) is 49.1 Å². The van der Waals surface area contributed by atoms with Gasteiger partial charge in [-0.1, -0.05) is 38.5 Å². The molecule has 0 saturated carbocycles. The van der Waals surface area contributed by atoms with Gasteiger partial charge in [-0.2, -0.15) is 0 Å². The van der Waals surface area contributed by atoms with Crippen molar-refractivity contribution in [2.24, 2.45) is 0 Å². The van der Waals surface area contributed by atoms with Crippen molar-refractivity contribution in [3.05, 3.63) is 0 Å². The normalized spacial score (nSPS) is 12.1. The first-order chi connectivity index (χ1) is 14.0. The number of carbonyl (C=O) groups excluding carboxylic acids is 3. The van der Waals surface area contributed by atoms with Gasteiger partial charge >= 0.3 is 5.97 Å². The number of unbranched alkanes of at least 4 members (excludes halogenated alkanes) is 9. The molecule has 0 saturated heterocycles. The average Bonchev–Trinajstić information content (AvgIpc) is 2.65. The zero-order valence-corrected chi connectivity index (χ0v) is 19.4. The summed E-state index contributed by atoms with van der Waals surface area (Å²) in [5, 5.41) is -0.252. The van der Waals surface area contributed by atoms with Crippen LogP contribution in [0.3, 0.4) is 0 Å². The summed E-state index contributed by atoms with van der Waals surface area (Å²) in [7, 11) is 4.01. The standard InChI is InChI=1S/C23H42ClNO4/c1-25(2)19-14-18-23(28)29-21(15-10-6-3-4-9-13-20-26)16-11-7-5-8-12-17-22(24)27/h20-21H,3-19H2,1-2H3. The zero-order chi connectivity index (χ0) is 21.7. The number of hydrogen-bond acceptors (Lipinski definition) is 5. The molecule has 0 spiro atoms. The van der Waals surface area contributed by atoms with Gasteiger partial charge in [0.05, 0.1) is 0 Å². The van der Waals surface area contributed by atoms with E-state index in [2.05, 4.69) is 4.90 Å². The van der Waals surface area contributed by atoms with Crippen LogP contribution in [0.4, 0.5) is 0 Å². The summed E-state index contributed by atoms with van der Waals surface area (Å²) in [5.41, 5.74) is 0. The van der Waals surface area contributed by atoms with Crippen LogP contribution in [0.25, 0.3) is 0 Å². The van der Waals surface area contributed by atoms with Crippen LogP contribution in [0, 0.1) is 0 Å². The molecule has 29 heavy (non-hydrogen) atoms. The van der Waals surface area contributed by atoms with Crippen LogP contribution in [0.2, 0.25) is 0 Å². The fourth-order valence-electron chi connectivity index (χ4n) is 3.34. The molecule has 0 aromatic rings. The lowest BCUT2D eigenvalue weighted by Gasteiger charge is -2.18. The van der Waals surface area contributed by atoms with Gasteiger partial charge in [-0.05, 0) is 77.2 Å². The quantitative estimate of drug-likeness (QED) is 0.101. The van der Waals surface area contributed by atoms with E-state index in [-0.39, 0.29) is 17.3 Å². The van der Waals surface area contributed by atoms with Crippen molar-refractivity contribution in [2.75, 3.05) is 20.6 Å². The lowest BCUT2D eigenvalue weighted by atomic mass is 10.0. The number of esters is 1. The summed E-state index contributed by atoms with van der Waals surface area (Å²) in [6.07, 6.45) is 15.8. The first-order valence-corrected chi connectivity index (χ1v) is 11.8. The van der Waals surface area contributed by atoms with Gasteiger partial charge in [0.1, 0.15) is 12.4 Å². The smallest absolute Gasteiger partial charge is 0.306 e. The molecule has 0 radical (unpaired) electrons. The Morgan fingerprint density at radius 3 is 1.93 bits per heavy atom. The second-order valence-electron chi connectivity index (χ2n) is 8.19. The van der Waals surface area contributed by atoms with Crippen LogP contribution in [0.5, 0.6) is 0 Å². The minimum Gasteiger partial charge on any atom is -0.462 e. The molecule has 0 rings (SSSR count). The van der Waals surface area contributed by atoms with Gasteiger partial charge in [0.15, 0.2) is 0 Å². The van der Waals surface area contributed by atoms with E-state index in [1.807, 2.05) is 14.1 Å². The number of nitrogens with zero attached hydrogens (tertiary/aromatic N) is 1. The average molecular weight is 432 g/mol. The lowest BCUT2D eigenvalue weighted by Crippen LogP contribution is -2.20. The number of hydrogen-bond donors (Lipinski definition) is 0. The van der Waals surface area contributed by atoms with Gasteiger partial charge in [0, 0.05) is 19.3 Å². The second kappa shape index (κ2) is 20.3. The van der Waals surface area contributed by atoms with Crippen molar-refractivity contribution in [1.29, 1.82) is 0 Å². The topological polar surface area (TPSA) is 63.7 Å². The SMILES string of the molecule is CN(C)CCCC(=O)OC(CCCCCCCC=O)CCCCCCCC(=O)Cl. The summed E-state index contributed by atoms with van der Waals surface area (Å²) in [6.45, 7) is 0.894. The molecule has 6 heteroatoms. The van der Waals surface area contributed by atoms with E-state index in [0.717, 1.165) is 96.3 Å². The Morgan fingerprint density at radius 1 is 0.828 bits per heavy atom. The third-order valence-electron chi connectivity index (χ3n) is 5.03. The van der Waals surface area contributed by atoms with Gasteiger partial charge in [-0.25, -0.2) is 0 Å². The Morgan fingerprint density at radius 2 is 1.38 bits per heavy atom. The number of halogens is 1. The van der Waals surface area contributed by atoms with Crippen molar-refractivity contribution in [3.8, 4) is 0 Å². The van der Waals surface area contributed by atoms with Crippen molar-refractivity contribution in [2.45, 2.75) is 109 Å². The van der Waals surface area contributed by atoms with Crippen LogP contribution >= 0.6 is 11.6 Å². The predicted molar refractivity (Wildman–Crippen MR) is 119 cm³/mol. The molecule has 0 N–H and O–H groups in total. The third kappa shape index (κ3) is 21.6. The molecule has 0 bridgehead atoms. The van der Waals surface area contributed by atoms with Gasteiger partial charge in [-0.3, -0.25) is 9.59 Å². The molecule has 0 heterocycles. The van der Waals surface area contributed by atoms with Crippen LogP contribution in [0.1, 0.15) is 103 Å². The number of aldehydes is 1. The van der Waals surface area contributed by atoms with E-state index in [0.29, 0.717) is 19.3 Å². The highest BCUT2D eigenvalue weighted by Crippen LogP contribution is 2.17. The molecule has 1 atom stereocenters. The molecule has 0 aliphatic carbocycles. The largest absolute Gasteiger partial charge is 0.462 e. The van der Waals surface area contributed by atoms with Crippen molar-refractivity contribution < 1.29 is 19.1 Å². The van der Waals surface area contributed by atoms with Crippen molar-refractivity contribution in [1.82, 2.24) is 4.90 Å². The molecule has 0 aromatic carbocycles. The van der Waals surface area contributed by atoms with Crippen LogP contribution in [-0.2, 0) is 19.1 Å². The van der Waals surface area contributed by atoms with E-state index in [1.54, 1.807) is 0 Å². The van der Waals surface area contributed by atoms with E-state index in [4.69, 9.17) is 16.3 Å². The maximum Gasteiger partial charge on any atom is 0.306 e. The Labute approximate surface area is 182 Å². The van der Waals surface area contributed by atoms with E-state index in [9.17, 15) is 14.4 Å². The van der Waals surface area contributed by atoms with E-state index in [1.165, 1.54) is 0 Å². The van der Waals surface area contributed by atoms with Crippen molar-refractivity contribution >= 4 is 29.1 Å². The monoisotopic (exact) mass is 431 g/mol. The number of ether oxygens (including phenoxy) is 1. The Kier molecular flexibility index (Phi) is 19.7. The van der Waals surface area contributed by atoms with Gasteiger partial charge in [0.2, 0.25) is 5.24 Å². The first-order valence-electron chi connectivity index (χ1n) is 11.4. The fourth-order valence-corrected chi connectivity index (χ4v) is 3.48. The third-order valence-corrected chi connectivity index (χ3v) is 5.22. The summed E-state index contributed by atoms with van der Waals surface area (Å²) in [6, 6.07) is 0. The molecule has 1 unspecified atom stereocenters. The van der Waals surface area contributed by atoms with Gasteiger partial charge < -0.3 is 14.4 Å². The Bertz CT molecular complexity index is 429. The molecule has 5 nitrogen and oxygen atoms in total. The molecule has 0 aromatic heterocycles.